The molecule has 0 radical (unpaired) electrons. The Morgan fingerprint density at radius 1 is 0.917 bits per heavy atom. The van der Waals surface area contributed by atoms with Crippen molar-refractivity contribution in [2.75, 3.05) is 6.79 Å². The van der Waals surface area contributed by atoms with Crippen molar-refractivity contribution in [1.82, 2.24) is 4.72 Å². The molecule has 0 fully saturated rings. The first-order valence-corrected chi connectivity index (χ1v) is 9.80. The topological polar surface area (TPSA) is 125 Å². The van der Waals surface area contributed by atoms with Crippen LogP contribution in [-0.4, -0.2) is 23.6 Å². The molecule has 0 aromatic heterocycles. The molecule has 0 saturated carbocycles. The molecule has 0 amide bonds. The highest BCUT2D eigenvalue weighted by molar-refractivity contribution is 7.89. The second-order valence-electron chi connectivity index (χ2n) is 5.03. The Bertz CT molecular complexity index is 969. The van der Waals surface area contributed by atoms with E-state index in [1.807, 2.05) is 0 Å². The molecular weight excluding hydrogens is 356 g/mol. The zero-order valence-corrected chi connectivity index (χ0v) is 13.9. The summed E-state index contributed by atoms with van der Waals surface area (Å²) in [5, 5.41) is 4.98. The van der Waals surface area contributed by atoms with Crippen LogP contribution in [0.3, 0.4) is 0 Å². The van der Waals surface area contributed by atoms with Crippen LogP contribution in [0.25, 0.3) is 0 Å². The molecule has 0 atom stereocenters. The van der Waals surface area contributed by atoms with E-state index in [9.17, 15) is 16.8 Å². The molecule has 8 nitrogen and oxygen atoms in total. The molecule has 0 aliphatic carbocycles. The molecule has 1 aliphatic rings. The van der Waals surface area contributed by atoms with E-state index in [4.69, 9.17) is 14.6 Å². The number of fused-ring (bicyclic) bond motifs is 1. The van der Waals surface area contributed by atoms with Gasteiger partial charge in [-0.1, -0.05) is 6.07 Å². The average molecular weight is 370 g/mol. The first-order valence-electron chi connectivity index (χ1n) is 6.77. The van der Waals surface area contributed by atoms with Crippen molar-refractivity contribution in [3.8, 4) is 11.5 Å². The van der Waals surface area contributed by atoms with E-state index >= 15 is 0 Å². The minimum atomic E-state index is -3.87. The Kier molecular flexibility index (Phi) is 4.22. The first-order chi connectivity index (χ1) is 11.3. The summed E-state index contributed by atoms with van der Waals surface area (Å²) < 4.78 is 59.7. The van der Waals surface area contributed by atoms with E-state index in [2.05, 4.69) is 4.72 Å². The van der Waals surface area contributed by atoms with Crippen LogP contribution in [-0.2, 0) is 26.6 Å². The van der Waals surface area contributed by atoms with Crippen molar-refractivity contribution in [1.29, 1.82) is 0 Å². The van der Waals surface area contributed by atoms with E-state index in [0.29, 0.717) is 17.1 Å². The van der Waals surface area contributed by atoms with Crippen LogP contribution in [0.5, 0.6) is 11.5 Å². The Balaban J connectivity index is 1.74. The Hall–Kier alpha value is -2.14. The molecule has 128 valence electrons. The second kappa shape index (κ2) is 6.06. The van der Waals surface area contributed by atoms with Crippen molar-refractivity contribution in [2.45, 2.75) is 16.3 Å². The summed E-state index contributed by atoms with van der Waals surface area (Å²) in [5.41, 5.74) is 0.698. The first kappa shape index (κ1) is 16.7. The van der Waals surface area contributed by atoms with Crippen molar-refractivity contribution < 1.29 is 26.3 Å². The highest BCUT2D eigenvalue weighted by Gasteiger charge is 2.17. The minimum Gasteiger partial charge on any atom is -0.454 e. The summed E-state index contributed by atoms with van der Waals surface area (Å²) >= 11 is 0. The summed E-state index contributed by atoms with van der Waals surface area (Å²) in [6.45, 7) is 0.191. The maximum Gasteiger partial charge on any atom is 0.240 e. The third-order valence-electron chi connectivity index (χ3n) is 3.37. The number of hydrogen-bond donors (Lipinski definition) is 2. The van der Waals surface area contributed by atoms with Gasteiger partial charge in [-0.05, 0) is 42.0 Å². The summed E-state index contributed by atoms with van der Waals surface area (Å²) in [5.74, 6) is 1.17. The normalized spacial score (nSPS) is 13.9. The van der Waals surface area contributed by atoms with Crippen molar-refractivity contribution in [2.24, 2.45) is 5.14 Å². The maximum absolute atomic E-state index is 12.3. The number of rotatable bonds is 5. The maximum atomic E-state index is 12.3. The monoisotopic (exact) mass is 370 g/mol. The van der Waals surface area contributed by atoms with Gasteiger partial charge in [-0.25, -0.2) is 26.7 Å². The molecule has 10 heteroatoms. The number of sulfonamides is 2. The average Bonchev–Trinajstić information content (AvgIpc) is 3.00. The molecule has 0 bridgehead atoms. The fraction of sp³-hybridized carbons (Fsp3) is 0.143. The summed E-state index contributed by atoms with van der Waals surface area (Å²) in [6.07, 6.45) is 0. The van der Waals surface area contributed by atoms with Gasteiger partial charge in [0.05, 0.1) is 9.79 Å². The van der Waals surface area contributed by atoms with E-state index in [1.54, 1.807) is 18.2 Å². The second-order valence-corrected chi connectivity index (χ2v) is 8.36. The predicted octanol–water partition coefficient (Wildman–Crippen LogP) is 0.541. The molecular formula is C14H14N2O6S2. The van der Waals surface area contributed by atoms with E-state index in [1.165, 1.54) is 12.1 Å². The lowest BCUT2D eigenvalue weighted by Crippen LogP contribution is -2.23. The van der Waals surface area contributed by atoms with Gasteiger partial charge in [0.2, 0.25) is 26.8 Å². The summed E-state index contributed by atoms with van der Waals surface area (Å²) in [7, 11) is -7.66. The van der Waals surface area contributed by atoms with Gasteiger partial charge in [-0.3, -0.25) is 0 Å². The van der Waals surface area contributed by atoms with Crippen LogP contribution in [0.1, 0.15) is 5.56 Å². The fourth-order valence-electron chi connectivity index (χ4n) is 2.12. The number of primary sulfonamides is 1. The molecule has 0 saturated heterocycles. The van der Waals surface area contributed by atoms with Gasteiger partial charge >= 0.3 is 0 Å². The number of hydrogen-bond acceptors (Lipinski definition) is 6. The lowest BCUT2D eigenvalue weighted by Gasteiger charge is -2.08. The van der Waals surface area contributed by atoms with E-state index in [0.717, 1.165) is 12.1 Å². The predicted molar refractivity (Wildman–Crippen MR) is 84.4 cm³/mol. The van der Waals surface area contributed by atoms with Crippen LogP contribution < -0.4 is 19.3 Å². The zero-order chi connectivity index (χ0) is 17.4. The third-order valence-corrected chi connectivity index (χ3v) is 5.71. The number of nitrogens with one attached hydrogen (secondary N) is 1. The Morgan fingerprint density at radius 2 is 1.54 bits per heavy atom. The Morgan fingerprint density at radius 3 is 2.21 bits per heavy atom. The van der Waals surface area contributed by atoms with Crippen molar-refractivity contribution in [3.05, 3.63) is 48.0 Å². The SMILES string of the molecule is NS(=O)(=O)c1ccc(S(=O)(=O)NCc2ccc3c(c2)OCO3)cc1. The van der Waals surface area contributed by atoms with Crippen LogP contribution >= 0.6 is 0 Å². The van der Waals surface area contributed by atoms with E-state index < -0.39 is 20.0 Å². The van der Waals surface area contributed by atoms with Gasteiger partial charge in [0.15, 0.2) is 11.5 Å². The van der Waals surface area contributed by atoms with Crippen LogP contribution in [0, 0.1) is 0 Å². The van der Waals surface area contributed by atoms with Gasteiger partial charge in [0, 0.05) is 6.54 Å². The van der Waals surface area contributed by atoms with Gasteiger partial charge in [0.1, 0.15) is 0 Å². The molecule has 1 heterocycles. The number of ether oxygens (including phenoxy) is 2. The van der Waals surface area contributed by atoms with Crippen LogP contribution in [0.4, 0.5) is 0 Å². The molecule has 1 aliphatic heterocycles. The van der Waals surface area contributed by atoms with Crippen LogP contribution in [0.2, 0.25) is 0 Å². The zero-order valence-electron chi connectivity index (χ0n) is 12.3. The molecule has 0 unspecified atom stereocenters. The largest absolute Gasteiger partial charge is 0.454 e. The third kappa shape index (κ3) is 3.51. The van der Waals surface area contributed by atoms with Crippen LogP contribution in [0.15, 0.2) is 52.3 Å². The van der Waals surface area contributed by atoms with Crippen molar-refractivity contribution >= 4 is 20.0 Å². The molecule has 0 spiro atoms. The van der Waals surface area contributed by atoms with Crippen molar-refractivity contribution in [3.63, 3.8) is 0 Å². The molecule has 3 N–H and O–H groups in total. The highest BCUT2D eigenvalue weighted by atomic mass is 32.2. The Labute approximate surface area is 139 Å². The lowest BCUT2D eigenvalue weighted by atomic mass is 10.2. The molecule has 24 heavy (non-hydrogen) atoms. The number of nitrogens with two attached hydrogens (primary N) is 1. The standard InChI is InChI=1S/C14H14N2O6S2/c15-23(17,18)11-2-4-12(5-3-11)24(19,20)16-8-10-1-6-13-14(7-10)22-9-21-13/h1-7,16H,8-9H2,(H2,15,17,18). The molecule has 3 rings (SSSR count). The minimum absolute atomic E-state index is 0.0515. The van der Waals surface area contributed by atoms with Gasteiger partial charge < -0.3 is 9.47 Å². The quantitative estimate of drug-likeness (QED) is 0.791. The van der Waals surface area contributed by atoms with E-state index in [-0.39, 0.29) is 23.1 Å². The number of benzene rings is 2. The summed E-state index contributed by atoms with van der Waals surface area (Å²) in [6, 6.07) is 9.76. The molecule has 2 aromatic rings. The van der Waals surface area contributed by atoms with Gasteiger partial charge in [0.25, 0.3) is 0 Å². The summed E-state index contributed by atoms with van der Waals surface area (Å²) in [4.78, 5) is -0.215. The molecule has 2 aromatic carbocycles. The lowest BCUT2D eigenvalue weighted by molar-refractivity contribution is 0.174. The smallest absolute Gasteiger partial charge is 0.240 e. The van der Waals surface area contributed by atoms with Gasteiger partial charge in [-0.15, -0.1) is 0 Å². The van der Waals surface area contributed by atoms with Gasteiger partial charge in [-0.2, -0.15) is 0 Å². The fourth-order valence-corrected chi connectivity index (χ4v) is 3.65. The highest BCUT2D eigenvalue weighted by Crippen LogP contribution is 2.32.